The van der Waals surface area contributed by atoms with Crippen molar-refractivity contribution in [3.05, 3.63) is 0 Å². The molecule has 2 amide bonds. The summed E-state index contributed by atoms with van der Waals surface area (Å²) in [6, 6.07) is -0.432. The van der Waals surface area contributed by atoms with E-state index < -0.39 is 5.97 Å². The Hall–Kier alpha value is -1.44. The van der Waals surface area contributed by atoms with Crippen LogP contribution in [-0.2, 0) is 14.3 Å². The smallest absolute Gasteiger partial charge is 0.320 e. The van der Waals surface area contributed by atoms with Gasteiger partial charge in [0.05, 0.1) is 25.5 Å². The Labute approximate surface area is 127 Å². The van der Waals surface area contributed by atoms with Gasteiger partial charge in [-0.3, -0.25) is 9.59 Å². The number of carboxylic acids is 1. The first-order valence-electron chi connectivity index (χ1n) is 6.96. The van der Waals surface area contributed by atoms with Crippen molar-refractivity contribution in [1.82, 2.24) is 9.80 Å². The second-order valence-corrected chi connectivity index (χ2v) is 6.41. The molecule has 0 bridgehead atoms. The maximum Gasteiger partial charge on any atom is 0.320 e. The average Bonchev–Trinajstić information content (AvgIpc) is 2.95. The largest absolute Gasteiger partial charge is 0.481 e. The van der Waals surface area contributed by atoms with Gasteiger partial charge in [-0.15, -0.1) is 0 Å². The number of carboxylic acid groups (broad SMARTS) is 1. The van der Waals surface area contributed by atoms with Crippen LogP contribution in [0.3, 0.4) is 0 Å². The van der Waals surface area contributed by atoms with E-state index in [0.717, 1.165) is 5.75 Å². The Kier molecular flexibility index (Phi) is 5.33. The summed E-state index contributed by atoms with van der Waals surface area (Å²) in [6.07, 6.45) is 0.567. The third-order valence-electron chi connectivity index (χ3n) is 3.88. The standard InChI is InChI=1S/C13H20N2O5S/c1-20-12(18)9-2-3-14(7-9)13(19)15-4-5-21-8-10(15)6-11(16)17/h9-10H,2-8H2,1H3,(H,16,17). The molecule has 1 N–H and O–H groups in total. The van der Waals surface area contributed by atoms with E-state index in [1.807, 2.05) is 0 Å². The van der Waals surface area contributed by atoms with Crippen LogP contribution in [0.4, 0.5) is 4.79 Å². The molecule has 7 nitrogen and oxygen atoms in total. The third-order valence-corrected chi connectivity index (χ3v) is 4.97. The van der Waals surface area contributed by atoms with Crippen LogP contribution >= 0.6 is 11.8 Å². The number of rotatable bonds is 3. The lowest BCUT2D eigenvalue weighted by Crippen LogP contribution is -2.52. The molecule has 2 aliphatic heterocycles. The number of likely N-dealkylation sites (tertiary alicyclic amines) is 1. The first-order valence-corrected chi connectivity index (χ1v) is 8.11. The lowest BCUT2D eigenvalue weighted by atomic mass is 10.1. The topological polar surface area (TPSA) is 87.2 Å². The highest BCUT2D eigenvalue weighted by Gasteiger charge is 2.37. The highest BCUT2D eigenvalue weighted by atomic mass is 32.2. The number of aliphatic carboxylic acids is 1. The van der Waals surface area contributed by atoms with Gasteiger partial charge in [0.2, 0.25) is 0 Å². The molecule has 21 heavy (non-hydrogen) atoms. The molecule has 2 saturated heterocycles. The number of hydrogen-bond donors (Lipinski definition) is 1. The maximum atomic E-state index is 12.5. The maximum absolute atomic E-state index is 12.5. The molecule has 8 heteroatoms. The normalized spacial score (nSPS) is 25.8. The van der Waals surface area contributed by atoms with Gasteiger partial charge >= 0.3 is 18.0 Å². The van der Waals surface area contributed by atoms with Crippen molar-refractivity contribution in [2.24, 2.45) is 5.92 Å². The number of urea groups is 1. The molecular weight excluding hydrogens is 296 g/mol. The molecule has 2 fully saturated rings. The molecule has 0 radical (unpaired) electrons. The van der Waals surface area contributed by atoms with E-state index in [1.54, 1.807) is 21.6 Å². The zero-order valence-electron chi connectivity index (χ0n) is 12.0. The fourth-order valence-electron chi connectivity index (χ4n) is 2.75. The lowest BCUT2D eigenvalue weighted by molar-refractivity contribution is -0.144. The molecule has 0 spiro atoms. The number of nitrogens with zero attached hydrogens (tertiary/aromatic N) is 2. The van der Waals surface area contributed by atoms with Crippen LogP contribution in [0.2, 0.25) is 0 Å². The van der Waals surface area contributed by atoms with Crippen LogP contribution in [0.25, 0.3) is 0 Å². The zero-order chi connectivity index (χ0) is 15.4. The van der Waals surface area contributed by atoms with Gasteiger partial charge in [0.25, 0.3) is 0 Å². The number of carbonyl (C=O) groups is 3. The van der Waals surface area contributed by atoms with Crippen LogP contribution in [0.5, 0.6) is 0 Å². The Balaban J connectivity index is 1.98. The molecule has 0 aromatic rings. The van der Waals surface area contributed by atoms with Gasteiger partial charge < -0.3 is 19.6 Å². The molecule has 0 aromatic heterocycles. The Morgan fingerprint density at radius 2 is 2.10 bits per heavy atom. The summed E-state index contributed by atoms with van der Waals surface area (Å²) < 4.78 is 4.71. The average molecular weight is 316 g/mol. The van der Waals surface area contributed by atoms with E-state index in [4.69, 9.17) is 9.84 Å². The van der Waals surface area contributed by atoms with Gasteiger partial charge in [0.15, 0.2) is 0 Å². The third kappa shape index (κ3) is 3.81. The monoisotopic (exact) mass is 316 g/mol. The van der Waals surface area contributed by atoms with E-state index in [9.17, 15) is 14.4 Å². The summed E-state index contributed by atoms with van der Waals surface area (Å²) in [5, 5.41) is 8.96. The van der Waals surface area contributed by atoms with Crippen molar-refractivity contribution in [2.75, 3.05) is 38.2 Å². The Morgan fingerprint density at radius 1 is 1.33 bits per heavy atom. The molecule has 2 atom stereocenters. The predicted octanol–water partition coefficient (Wildman–Crippen LogP) is 0.493. The molecule has 0 saturated carbocycles. The first-order chi connectivity index (χ1) is 10.0. The Bertz CT molecular complexity index is 431. The van der Waals surface area contributed by atoms with Crippen molar-refractivity contribution in [2.45, 2.75) is 18.9 Å². The lowest BCUT2D eigenvalue weighted by Gasteiger charge is -2.37. The number of thioether (sulfide) groups is 1. The minimum atomic E-state index is -0.894. The van der Waals surface area contributed by atoms with Crippen LogP contribution in [0.1, 0.15) is 12.8 Å². The fourth-order valence-corrected chi connectivity index (χ4v) is 3.81. The number of amides is 2. The number of methoxy groups -OCH3 is 1. The highest BCUT2D eigenvalue weighted by molar-refractivity contribution is 7.99. The summed E-state index contributed by atoms with van der Waals surface area (Å²) in [5.41, 5.74) is 0. The number of hydrogen-bond acceptors (Lipinski definition) is 5. The summed E-state index contributed by atoms with van der Waals surface area (Å²) in [5.74, 6) is 0.00870. The molecular formula is C13H20N2O5S. The summed E-state index contributed by atoms with van der Waals surface area (Å²) in [4.78, 5) is 38.2. The van der Waals surface area contributed by atoms with Crippen LogP contribution in [0.15, 0.2) is 0 Å². The van der Waals surface area contributed by atoms with Crippen molar-refractivity contribution in [3.63, 3.8) is 0 Å². The molecule has 2 heterocycles. The van der Waals surface area contributed by atoms with Crippen molar-refractivity contribution in [1.29, 1.82) is 0 Å². The van der Waals surface area contributed by atoms with Gasteiger partial charge in [-0.25, -0.2) is 4.79 Å². The molecule has 2 unspecified atom stereocenters. The quantitative estimate of drug-likeness (QED) is 0.763. The zero-order valence-corrected chi connectivity index (χ0v) is 12.8. The van der Waals surface area contributed by atoms with Crippen LogP contribution in [-0.4, -0.2) is 77.2 Å². The fraction of sp³-hybridized carbons (Fsp3) is 0.769. The molecule has 0 aromatic carbocycles. The van der Waals surface area contributed by atoms with E-state index in [1.165, 1.54) is 7.11 Å². The van der Waals surface area contributed by atoms with Gasteiger partial charge in [-0.1, -0.05) is 0 Å². The molecule has 118 valence electrons. The highest BCUT2D eigenvalue weighted by Crippen LogP contribution is 2.24. The molecule has 2 aliphatic rings. The van der Waals surface area contributed by atoms with E-state index in [-0.39, 0.29) is 30.4 Å². The minimum absolute atomic E-state index is 0.0347. The van der Waals surface area contributed by atoms with Crippen LogP contribution in [0, 0.1) is 5.92 Å². The van der Waals surface area contributed by atoms with Crippen molar-refractivity contribution < 1.29 is 24.2 Å². The second-order valence-electron chi connectivity index (χ2n) is 5.26. The molecule has 2 rings (SSSR count). The van der Waals surface area contributed by atoms with Crippen molar-refractivity contribution in [3.8, 4) is 0 Å². The summed E-state index contributed by atoms with van der Waals surface area (Å²) >= 11 is 1.67. The van der Waals surface area contributed by atoms with E-state index >= 15 is 0 Å². The molecule has 0 aliphatic carbocycles. The van der Waals surface area contributed by atoms with E-state index in [0.29, 0.717) is 31.8 Å². The van der Waals surface area contributed by atoms with Gasteiger partial charge in [-0.05, 0) is 6.42 Å². The summed E-state index contributed by atoms with van der Waals surface area (Å²) in [7, 11) is 1.34. The predicted molar refractivity (Wildman–Crippen MR) is 77.2 cm³/mol. The van der Waals surface area contributed by atoms with Gasteiger partial charge in [0, 0.05) is 31.1 Å². The first kappa shape index (κ1) is 15.9. The van der Waals surface area contributed by atoms with Crippen LogP contribution < -0.4 is 0 Å². The number of ether oxygens (including phenoxy) is 1. The minimum Gasteiger partial charge on any atom is -0.481 e. The number of carbonyl (C=O) groups excluding carboxylic acids is 2. The number of esters is 1. The Morgan fingerprint density at radius 3 is 2.76 bits per heavy atom. The second kappa shape index (κ2) is 7.02. The van der Waals surface area contributed by atoms with Crippen molar-refractivity contribution >= 4 is 29.7 Å². The van der Waals surface area contributed by atoms with E-state index in [2.05, 4.69) is 0 Å². The summed E-state index contributed by atoms with van der Waals surface area (Å²) in [6.45, 7) is 1.43. The van der Waals surface area contributed by atoms with Gasteiger partial charge in [-0.2, -0.15) is 11.8 Å². The SMILES string of the molecule is COC(=O)C1CCN(C(=O)N2CCSCC2CC(=O)O)C1. The van der Waals surface area contributed by atoms with Gasteiger partial charge in [0.1, 0.15) is 0 Å².